The highest BCUT2D eigenvalue weighted by atomic mass is 32.1. The van der Waals surface area contributed by atoms with Crippen LogP contribution in [0.1, 0.15) is 5.56 Å². The zero-order valence-corrected chi connectivity index (χ0v) is 9.31. The zero-order valence-electron chi connectivity index (χ0n) is 8.49. The highest BCUT2D eigenvalue weighted by Gasteiger charge is 1.99. The van der Waals surface area contributed by atoms with Crippen molar-refractivity contribution in [3.05, 3.63) is 35.6 Å². The molecule has 3 rings (SSSR count). The molecule has 0 aliphatic heterocycles. The molecule has 7 heteroatoms. The number of imidazole rings is 1. The maximum absolute atomic E-state index is 11.8. The van der Waals surface area contributed by atoms with E-state index in [0.717, 1.165) is 11.0 Å². The van der Waals surface area contributed by atoms with E-state index in [1.165, 1.54) is 16.8 Å². The van der Waals surface area contributed by atoms with E-state index in [1.807, 2.05) is 0 Å². The van der Waals surface area contributed by atoms with Crippen molar-refractivity contribution in [2.45, 2.75) is 0 Å². The maximum Gasteiger partial charge on any atom is 0.230 e. The largest absolute Gasteiger partial charge is 0.858 e. The molecule has 0 saturated carbocycles. The van der Waals surface area contributed by atoms with Gasteiger partial charge < -0.3 is 10.1 Å². The van der Waals surface area contributed by atoms with Gasteiger partial charge in [-0.05, 0) is 23.6 Å². The molecule has 2 heterocycles. The molecule has 0 saturated heterocycles. The Morgan fingerprint density at radius 2 is 2.35 bits per heavy atom. The minimum absolute atomic E-state index is 0.335. The van der Waals surface area contributed by atoms with Gasteiger partial charge in [0, 0.05) is 0 Å². The topological polar surface area (TPSA) is 89.9 Å². The quantitative estimate of drug-likeness (QED) is 0.534. The van der Waals surface area contributed by atoms with Crippen LogP contribution in [0, 0.1) is 0 Å². The van der Waals surface area contributed by atoms with Gasteiger partial charge in [0.15, 0.2) is 0 Å². The fraction of sp³-hybridized carbons (Fsp3) is 0. The van der Waals surface area contributed by atoms with E-state index in [0.29, 0.717) is 10.7 Å². The molecule has 0 atom stereocenters. The molecule has 0 bridgehead atoms. The molecule has 2 aromatic heterocycles. The van der Waals surface area contributed by atoms with E-state index in [9.17, 15) is 5.11 Å². The van der Waals surface area contributed by atoms with Crippen molar-refractivity contribution in [2.24, 2.45) is 4.99 Å². The molecule has 1 N–H and O–H groups in total. The molecule has 0 aliphatic carbocycles. The van der Waals surface area contributed by atoms with Gasteiger partial charge in [0.25, 0.3) is 0 Å². The Morgan fingerprint density at radius 1 is 1.41 bits per heavy atom. The average molecular weight is 244 g/mol. The summed E-state index contributed by atoms with van der Waals surface area (Å²) in [4.78, 5) is 10.9. The van der Waals surface area contributed by atoms with Crippen LogP contribution in [0.3, 0.4) is 0 Å². The third-order valence-electron chi connectivity index (χ3n) is 2.21. The van der Waals surface area contributed by atoms with Gasteiger partial charge in [0.2, 0.25) is 5.13 Å². The minimum atomic E-state index is -0.335. The van der Waals surface area contributed by atoms with Gasteiger partial charge in [-0.25, -0.2) is 9.98 Å². The Bertz CT molecular complexity index is 673. The van der Waals surface area contributed by atoms with E-state index in [-0.39, 0.29) is 5.90 Å². The van der Waals surface area contributed by atoms with Crippen LogP contribution in [0.2, 0.25) is 0 Å². The lowest BCUT2D eigenvalue weighted by atomic mass is 10.2. The molecule has 0 amide bonds. The molecule has 0 fully saturated rings. The number of hydrogen-bond acceptors (Lipinski definition) is 6. The molecule has 84 valence electrons. The maximum atomic E-state index is 11.8. The Morgan fingerprint density at radius 3 is 3.18 bits per heavy atom. The van der Waals surface area contributed by atoms with Gasteiger partial charge in [-0.3, -0.25) is 0 Å². The van der Waals surface area contributed by atoms with Gasteiger partial charge in [0.1, 0.15) is 5.51 Å². The standard InChI is InChI=1S/C10H7N5OS/c16-9(14-10-15-13-5-17-10)6-1-2-7-8(3-6)12-4-11-7/h1-5H,(H,11,12)(H,14,15,16)/p-1. The van der Waals surface area contributed by atoms with Crippen molar-refractivity contribution in [3.63, 3.8) is 0 Å². The Balaban J connectivity index is 2.03. The van der Waals surface area contributed by atoms with Crippen LogP contribution < -0.4 is 5.11 Å². The first-order valence-electron chi connectivity index (χ1n) is 4.78. The number of rotatable bonds is 2. The van der Waals surface area contributed by atoms with Gasteiger partial charge in [-0.1, -0.05) is 17.4 Å². The first-order valence-corrected chi connectivity index (χ1v) is 5.66. The summed E-state index contributed by atoms with van der Waals surface area (Å²) in [5, 5.41) is 19.5. The Kier molecular flexibility index (Phi) is 2.30. The van der Waals surface area contributed by atoms with Crippen molar-refractivity contribution >= 4 is 33.4 Å². The van der Waals surface area contributed by atoms with Crippen molar-refractivity contribution in [2.75, 3.05) is 0 Å². The van der Waals surface area contributed by atoms with Crippen LogP contribution in [-0.2, 0) is 0 Å². The lowest BCUT2D eigenvalue weighted by Crippen LogP contribution is -2.18. The summed E-state index contributed by atoms with van der Waals surface area (Å²) in [6, 6.07) is 5.18. The number of aromatic nitrogens is 4. The summed E-state index contributed by atoms with van der Waals surface area (Å²) in [5.74, 6) is -0.335. The molecule has 0 radical (unpaired) electrons. The van der Waals surface area contributed by atoms with Crippen LogP contribution in [-0.4, -0.2) is 26.1 Å². The first-order chi connectivity index (χ1) is 8.33. The summed E-state index contributed by atoms with van der Waals surface area (Å²) in [6.07, 6.45) is 1.58. The lowest BCUT2D eigenvalue weighted by Gasteiger charge is -2.08. The monoisotopic (exact) mass is 244 g/mol. The minimum Gasteiger partial charge on any atom is -0.858 e. The number of aliphatic imine (C=N–C) groups is 1. The highest BCUT2D eigenvalue weighted by molar-refractivity contribution is 7.13. The van der Waals surface area contributed by atoms with Gasteiger partial charge in [-0.15, -0.1) is 10.2 Å². The normalized spacial score (nSPS) is 12.1. The number of aromatic amines is 1. The predicted molar refractivity (Wildman–Crippen MR) is 62.2 cm³/mol. The van der Waals surface area contributed by atoms with E-state index < -0.39 is 0 Å². The zero-order chi connectivity index (χ0) is 11.7. The van der Waals surface area contributed by atoms with Gasteiger partial charge >= 0.3 is 0 Å². The number of hydrogen-bond donors (Lipinski definition) is 1. The second-order valence-electron chi connectivity index (χ2n) is 3.27. The van der Waals surface area contributed by atoms with E-state index in [1.54, 1.807) is 24.5 Å². The lowest BCUT2D eigenvalue weighted by molar-refractivity contribution is -0.212. The van der Waals surface area contributed by atoms with Crippen LogP contribution in [0.25, 0.3) is 11.0 Å². The smallest absolute Gasteiger partial charge is 0.230 e. The molecule has 3 aromatic rings. The molecule has 17 heavy (non-hydrogen) atoms. The second kappa shape index (κ2) is 3.95. The third-order valence-corrected chi connectivity index (χ3v) is 2.80. The highest BCUT2D eigenvalue weighted by Crippen LogP contribution is 2.15. The summed E-state index contributed by atoms with van der Waals surface area (Å²) < 4.78 is 0. The Labute approximate surface area is 99.7 Å². The van der Waals surface area contributed by atoms with Crippen LogP contribution >= 0.6 is 11.3 Å². The van der Waals surface area contributed by atoms with Crippen molar-refractivity contribution in [1.82, 2.24) is 20.2 Å². The van der Waals surface area contributed by atoms with Crippen LogP contribution in [0.5, 0.6) is 0 Å². The molecule has 0 unspecified atom stereocenters. The summed E-state index contributed by atoms with van der Waals surface area (Å²) in [6.45, 7) is 0. The fourth-order valence-electron chi connectivity index (χ4n) is 1.44. The van der Waals surface area contributed by atoms with Gasteiger partial charge in [-0.2, -0.15) is 0 Å². The third kappa shape index (κ3) is 1.87. The van der Waals surface area contributed by atoms with E-state index in [2.05, 4.69) is 25.2 Å². The summed E-state index contributed by atoms with van der Waals surface area (Å²) in [5.41, 5.74) is 3.65. The molecule has 1 aromatic carbocycles. The molecule has 0 spiro atoms. The van der Waals surface area contributed by atoms with E-state index in [4.69, 9.17) is 0 Å². The van der Waals surface area contributed by atoms with Crippen molar-refractivity contribution in [1.29, 1.82) is 0 Å². The number of fused-ring (bicyclic) bond motifs is 1. The summed E-state index contributed by atoms with van der Waals surface area (Å²) >= 11 is 1.22. The fourth-order valence-corrected chi connectivity index (χ4v) is 1.85. The van der Waals surface area contributed by atoms with Crippen molar-refractivity contribution in [3.8, 4) is 0 Å². The first kappa shape index (κ1) is 9.91. The number of H-pyrrole nitrogens is 1. The Hall–Kier alpha value is -2.28. The van der Waals surface area contributed by atoms with Crippen molar-refractivity contribution < 1.29 is 5.11 Å². The SMILES string of the molecule is [O-]/C(=N\c1nncs1)c1ccc2nc[nH]c2c1. The number of nitrogens with one attached hydrogen (secondary N) is 1. The van der Waals surface area contributed by atoms with Crippen LogP contribution in [0.4, 0.5) is 5.13 Å². The predicted octanol–water partition coefficient (Wildman–Crippen LogP) is 0.853. The molecular weight excluding hydrogens is 238 g/mol. The number of nitrogens with zero attached hydrogens (tertiary/aromatic N) is 4. The molecule has 0 aliphatic rings. The number of benzene rings is 1. The van der Waals surface area contributed by atoms with Crippen LogP contribution in [0.15, 0.2) is 35.0 Å². The van der Waals surface area contributed by atoms with E-state index >= 15 is 0 Å². The second-order valence-corrected chi connectivity index (χ2v) is 4.08. The van der Waals surface area contributed by atoms with Gasteiger partial charge in [0.05, 0.1) is 17.4 Å². The summed E-state index contributed by atoms with van der Waals surface area (Å²) in [7, 11) is 0. The molecular formula is C10H6N5OS-. The molecule has 6 nitrogen and oxygen atoms in total. The average Bonchev–Trinajstić information content (AvgIpc) is 2.97.